The van der Waals surface area contributed by atoms with Crippen LogP contribution < -0.4 is 5.73 Å². The fourth-order valence-corrected chi connectivity index (χ4v) is 0.514. The Bertz CT molecular complexity index is 259. The maximum atomic E-state index is 8.83. The van der Waals surface area contributed by atoms with Crippen LogP contribution in [0, 0.1) is 0 Å². The van der Waals surface area contributed by atoms with E-state index in [1.165, 1.54) is 18.2 Å². The van der Waals surface area contributed by atoms with E-state index in [9.17, 15) is 0 Å². The second-order valence-corrected chi connectivity index (χ2v) is 1.56. The van der Waals surface area contributed by atoms with Gasteiger partial charge in [-0.1, -0.05) is 6.07 Å². The molecule has 0 saturated heterocycles. The van der Waals surface area contributed by atoms with E-state index in [1.54, 1.807) is 0 Å². The number of aliphatic hydroxyl groups is 1. The third kappa shape index (κ3) is 1.40. The van der Waals surface area contributed by atoms with Gasteiger partial charge in [-0.25, -0.2) is 4.98 Å². The van der Waals surface area contributed by atoms with Gasteiger partial charge in [0.15, 0.2) is 0 Å². The summed E-state index contributed by atoms with van der Waals surface area (Å²) in [5, 5.41) is 8.83. The number of hydrogen-bond acceptors (Lipinski definition) is 3. The van der Waals surface area contributed by atoms with E-state index in [2.05, 4.69) is 4.98 Å². The number of nitrogen functional groups attached to an aromatic ring is 1. The normalized spacial score (nSPS) is 14.3. The quantitative estimate of drug-likeness (QED) is 0.563. The highest BCUT2D eigenvalue weighted by Crippen LogP contribution is 1.98. The number of aromatic nitrogens is 1. The van der Waals surface area contributed by atoms with Crippen molar-refractivity contribution >= 4 is 5.82 Å². The molecule has 0 radical (unpaired) electrons. The van der Waals surface area contributed by atoms with Gasteiger partial charge in [0, 0.05) is 0 Å². The number of nitrogens with zero attached hydrogens (tertiary/aromatic N) is 1. The van der Waals surface area contributed by atoms with Crippen LogP contribution in [-0.4, -0.2) is 10.1 Å². The predicted octanol–water partition coefficient (Wildman–Crippen LogP) is 0.156. The first-order valence-electron chi connectivity index (χ1n) is 3.45. The Balaban J connectivity index is 3.06. The first-order valence-corrected chi connectivity index (χ1v) is 2.45. The third-order valence-electron chi connectivity index (χ3n) is 0.885. The molecule has 3 heteroatoms. The Hall–Kier alpha value is -1.09. The van der Waals surface area contributed by atoms with E-state index in [4.69, 9.17) is 13.6 Å². The monoisotopic (exact) mass is 126 g/mol. The molecule has 3 nitrogen and oxygen atoms in total. The van der Waals surface area contributed by atoms with Crippen molar-refractivity contribution in [3.05, 3.63) is 23.9 Å². The molecule has 0 aromatic carbocycles. The first-order chi connectivity index (χ1) is 5.00. The van der Waals surface area contributed by atoms with Crippen LogP contribution in [0.4, 0.5) is 5.82 Å². The zero-order valence-corrected chi connectivity index (χ0v) is 4.70. The summed E-state index contributed by atoms with van der Waals surface area (Å²) in [7, 11) is 0. The summed E-state index contributed by atoms with van der Waals surface area (Å²) in [5.41, 5.74) is 5.19. The number of nitrogens with two attached hydrogens (primary N) is 1. The molecule has 9 heavy (non-hydrogen) atoms. The zero-order chi connectivity index (χ0) is 8.48. The van der Waals surface area contributed by atoms with Gasteiger partial charge in [-0.15, -0.1) is 0 Å². The number of anilines is 1. The van der Waals surface area contributed by atoms with E-state index in [1.807, 2.05) is 0 Å². The Kier molecular flexibility index (Phi) is 1.05. The van der Waals surface area contributed by atoms with Gasteiger partial charge in [0.05, 0.1) is 15.0 Å². The van der Waals surface area contributed by atoms with Crippen LogP contribution in [-0.2, 0) is 6.56 Å². The summed E-state index contributed by atoms with van der Waals surface area (Å²) >= 11 is 0. The van der Waals surface area contributed by atoms with Crippen LogP contribution in [0.2, 0.25) is 0 Å². The van der Waals surface area contributed by atoms with E-state index in [-0.39, 0.29) is 11.5 Å². The lowest BCUT2D eigenvalue weighted by Gasteiger charge is -1.93. The molecule has 0 fully saturated rings. The molecule has 0 saturated carbocycles. The van der Waals surface area contributed by atoms with E-state index < -0.39 is 6.56 Å². The highest BCUT2D eigenvalue weighted by atomic mass is 16.3. The minimum absolute atomic E-state index is 0.0718. The van der Waals surface area contributed by atoms with Gasteiger partial charge in [-0.05, 0) is 12.1 Å². The summed E-state index contributed by atoms with van der Waals surface area (Å²) in [6, 6.07) is 4.43. The molecule has 0 aliphatic carbocycles. The molecule has 1 rings (SSSR count). The van der Waals surface area contributed by atoms with Crippen molar-refractivity contribution in [3.63, 3.8) is 0 Å². The van der Waals surface area contributed by atoms with Crippen LogP contribution in [0.25, 0.3) is 0 Å². The average molecular weight is 126 g/mol. The molecule has 1 aromatic heterocycles. The second kappa shape index (κ2) is 2.46. The van der Waals surface area contributed by atoms with Crippen molar-refractivity contribution in [2.75, 3.05) is 5.73 Å². The highest BCUT2D eigenvalue weighted by molar-refractivity contribution is 5.28. The SMILES string of the molecule is [2H]C([2H])(O)c1cccc(N)n1. The van der Waals surface area contributed by atoms with Crippen LogP contribution in [0.3, 0.4) is 0 Å². The lowest BCUT2D eigenvalue weighted by molar-refractivity contribution is 0.277. The van der Waals surface area contributed by atoms with Gasteiger partial charge in [-0.3, -0.25) is 0 Å². The maximum absolute atomic E-state index is 8.83. The molecule has 0 bridgehead atoms. The molecular formula is C6H8N2O. The lowest BCUT2D eigenvalue weighted by atomic mass is 10.3. The maximum Gasteiger partial charge on any atom is 0.123 e. The minimum Gasteiger partial charge on any atom is -0.390 e. The number of rotatable bonds is 1. The van der Waals surface area contributed by atoms with Crippen molar-refractivity contribution in [2.24, 2.45) is 0 Å². The van der Waals surface area contributed by atoms with E-state index >= 15 is 0 Å². The van der Waals surface area contributed by atoms with Crippen LogP contribution in [0.15, 0.2) is 18.2 Å². The number of pyridine rings is 1. The van der Waals surface area contributed by atoms with Gasteiger partial charge in [0.1, 0.15) is 5.82 Å². The van der Waals surface area contributed by atoms with Crippen LogP contribution in [0.1, 0.15) is 8.44 Å². The molecule has 0 amide bonds. The van der Waals surface area contributed by atoms with Gasteiger partial charge in [-0.2, -0.15) is 0 Å². The summed E-state index contributed by atoms with van der Waals surface area (Å²) in [6.45, 7) is -2.41. The molecule has 48 valence electrons. The fraction of sp³-hybridized carbons (Fsp3) is 0.167. The Morgan fingerprint density at radius 2 is 2.56 bits per heavy atom. The fourth-order valence-electron chi connectivity index (χ4n) is 0.514. The summed E-state index contributed by atoms with van der Waals surface area (Å²) in [4.78, 5) is 3.60. The highest BCUT2D eigenvalue weighted by Gasteiger charge is 1.88. The van der Waals surface area contributed by atoms with Crippen molar-refractivity contribution < 1.29 is 7.85 Å². The Labute approximate surface area is 56.0 Å². The Morgan fingerprint density at radius 3 is 3.00 bits per heavy atom. The van der Waals surface area contributed by atoms with Gasteiger partial charge < -0.3 is 10.8 Å². The minimum atomic E-state index is -2.41. The molecule has 0 atom stereocenters. The largest absolute Gasteiger partial charge is 0.390 e. The van der Waals surface area contributed by atoms with Crippen molar-refractivity contribution in [3.8, 4) is 0 Å². The summed E-state index contributed by atoms with van der Waals surface area (Å²) < 4.78 is 13.7. The van der Waals surface area contributed by atoms with Gasteiger partial charge in [0.2, 0.25) is 0 Å². The summed E-state index contributed by atoms with van der Waals surface area (Å²) in [6.07, 6.45) is 0. The molecule has 0 aliphatic rings. The van der Waals surface area contributed by atoms with Gasteiger partial charge >= 0.3 is 0 Å². The van der Waals surface area contributed by atoms with E-state index in [0.717, 1.165) is 0 Å². The zero-order valence-electron chi connectivity index (χ0n) is 6.70. The van der Waals surface area contributed by atoms with Crippen molar-refractivity contribution in [1.29, 1.82) is 0 Å². The molecule has 3 N–H and O–H groups in total. The van der Waals surface area contributed by atoms with Crippen molar-refractivity contribution in [1.82, 2.24) is 4.98 Å². The average Bonchev–Trinajstić information content (AvgIpc) is 1.86. The summed E-state index contributed by atoms with van der Waals surface area (Å²) in [5.74, 6) is 0.195. The standard InChI is InChI=1S/C6H8N2O/c7-6-3-1-2-5(4-9)8-6/h1-3,9H,4H2,(H2,7,8)/i4D2. The molecule has 1 aromatic rings. The predicted molar refractivity (Wildman–Crippen MR) is 34.6 cm³/mol. The molecule has 0 aliphatic heterocycles. The van der Waals surface area contributed by atoms with Crippen LogP contribution >= 0.6 is 0 Å². The van der Waals surface area contributed by atoms with Crippen molar-refractivity contribution in [2.45, 2.75) is 6.56 Å². The smallest absolute Gasteiger partial charge is 0.123 e. The van der Waals surface area contributed by atoms with Gasteiger partial charge in [0.25, 0.3) is 0 Å². The lowest BCUT2D eigenvalue weighted by Crippen LogP contribution is -1.93. The van der Waals surface area contributed by atoms with E-state index in [0.29, 0.717) is 0 Å². The second-order valence-electron chi connectivity index (χ2n) is 1.56. The Morgan fingerprint density at radius 1 is 1.78 bits per heavy atom. The molecule has 1 heterocycles. The molecular weight excluding hydrogens is 116 g/mol. The molecule has 0 spiro atoms. The first kappa shape index (κ1) is 3.85. The topological polar surface area (TPSA) is 59.1 Å². The number of hydrogen-bond donors (Lipinski definition) is 2. The van der Waals surface area contributed by atoms with Crippen LogP contribution in [0.5, 0.6) is 0 Å². The third-order valence-corrected chi connectivity index (χ3v) is 0.885. The molecule has 0 unspecified atom stereocenters.